The molecular weight excluding hydrogens is 404 g/mol. The van der Waals surface area contributed by atoms with E-state index in [2.05, 4.69) is 29.0 Å². The van der Waals surface area contributed by atoms with Gasteiger partial charge in [0.2, 0.25) is 0 Å². The molecule has 0 radical (unpaired) electrons. The summed E-state index contributed by atoms with van der Waals surface area (Å²) in [4.78, 5) is 44.2. The number of hydrogen-bond donors (Lipinski definition) is 2. The fraction of sp³-hybridized carbons (Fsp3) is 0.240. The van der Waals surface area contributed by atoms with Crippen LogP contribution in [0.3, 0.4) is 0 Å². The maximum Gasteiger partial charge on any atom is 0.331 e. The molecule has 164 valence electrons. The first-order valence-electron chi connectivity index (χ1n) is 10.8. The third-order valence-electron chi connectivity index (χ3n) is 5.80. The van der Waals surface area contributed by atoms with Gasteiger partial charge >= 0.3 is 6.03 Å². The number of carbonyl (C=O) groups is 3. The van der Waals surface area contributed by atoms with Crippen LogP contribution in [0.5, 0.6) is 0 Å². The number of nitrogens with zero attached hydrogens (tertiary/aromatic N) is 2. The van der Waals surface area contributed by atoms with Crippen molar-refractivity contribution >= 4 is 40.5 Å². The van der Waals surface area contributed by atoms with E-state index in [1.54, 1.807) is 0 Å². The number of nitrogens with one attached hydrogen (secondary N) is 2. The summed E-state index contributed by atoms with van der Waals surface area (Å²) >= 11 is 0. The van der Waals surface area contributed by atoms with Gasteiger partial charge in [-0.15, -0.1) is 0 Å². The topological polar surface area (TPSA) is 85.5 Å². The molecule has 1 aliphatic rings. The van der Waals surface area contributed by atoms with Crippen LogP contribution in [0, 0.1) is 0 Å². The Balaban J connectivity index is 1.52. The number of anilines is 1. The van der Waals surface area contributed by atoms with Crippen molar-refractivity contribution in [3.63, 3.8) is 0 Å². The van der Waals surface area contributed by atoms with Gasteiger partial charge in [0.1, 0.15) is 5.57 Å². The Kier molecular flexibility index (Phi) is 6.07. The lowest BCUT2D eigenvalue weighted by Gasteiger charge is -2.26. The van der Waals surface area contributed by atoms with Gasteiger partial charge < -0.3 is 9.88 Å². The van der Waals surface area contributed by atoms with Gasteiger partial charge in [0.15, 0.2) is 0 Å². The molecule has 2 aromatic carbocycles. The van der Waals surface area contributed by atoms with E-state index in [9.17, 15) is 14.4 Å². The number of fused-ring (bicyclic) bond motifs is 1. The second-order valence-electron chi connectivity index (χ2n) is 7.65. The van der Waals surface area contributed by atoms with Crippen LogP contribution in [0.2, 0.25) is 0 Å². The van der Waals surface area contributed by atoms with Crippen molar-refractivity contribution in [3.8, 4) is 0 Å². The molecule has 1 saturated heterocycles. The SMILES string of the molecule is CCN(CC)c1ccc(/C=C2\C(=O)NC(=O)N(CCc3c[nH]c4ccccc34)C2=O)cc1. The van der Waals surface area contributed by atoms with Crippen molar-refractivity contribution in [2.45, 2.75) is 20.3 Å². The molecule has 1 aliphatic heterocycles. The van der Waals surface area contributed by atoms with Gasteiger partial charge in [0.05, 0.1) is 0 Å². The van der Waals surface area contributed by atoms with Gasteiger partial charge in [-0.2, -0.15) is 0 Å². The van der Waals surface area contributed by atoms with Gasteiger partial charge in [-0.05, 0) is 55.7 Å². The van der Waals surface area contributed by atoms with E-state index < -0.39 is 17.8 Å². The summed E-state index contributed by atoms with van der Waals surface area (Å²) in [6.07, 6.45) is 3.91. The lowest BCUT2D eigenvalue weighted by molar-refractivity contribution is -0.130. The molecule has 3 aromatic rings. The lowest BCUT2D eigenvalue weighted by atomic mass is 10.1. The van der Waals surface area contributed by atoms with Crippen LogP contribution in [-0.2, 0) is 16.0 Å². The van der Waals surface area contributed by atoms with E-state index in [0.29, 0.717) is 6.42 Å². The minimum Gasteiger partial charge on any atom is -0.372 e. The molecule has 4 amide bonds. The number of hydrogen-bond acceptors (Lipinski definition) is 4. The maximum absolute atomic E-state index is 13.0. The van der Waals surface area contributed by atoms with Gasteiger partial charge in [0.25, 0.3) is 11.8 Å². The largest absolute Gasteiger partial charge is 0.372 e. The molecule has 0 atom stereocenters. The van der Waals surface area contributed by atoms with E-state index in [4.69, 9.17) is 0 Å². The molecule has 0 saturated carbocycles. The van der Waals surface area contributed by atoms with Gasteiger partial charge in [0, 0.05) is 42.4 Å². The number of para-hydroxylation sites is 1. The molecule has 7 nitrogen and oxygen atoms in total. The van der Waals surface area contributed by atoms with Crippen molar-refractivity contribution in [3.05, 3.63) is 71.4 Å². The van der Waals surface area contributed by atoms with Crippen LogP contribution in [0.25, 0.3) is 17.0 Å². The predicted octanol–water partition coefficient (Wildman–Crippen LogP) is 3.72. The van der Waals surface area contributed by atoms with Gasteiger partial charge in [-0.1, -0.05) is 30.3 Å². The summed E-state index contributed by atoms with van der Waals surface area (Å²) in [6.45, 7) is 6.15. The summed E-state index contributed by atoms with van der Waals surface area (Å²) < 4.78 is 0. The highest BCUT2D eigenvalue weighted by Crippen LogP contribution is 2.21. The summed E-state index contributed by atoms with van der Waals surface area (Å²) in [5, 5.41) is 3.34. The first kappa shape index (κ1) is 21.4. The van der Waals surface area contributed by atoms with E-state index >= 15 is 0 Å². The number of benzene rings is 2. The highest BCUT2D eigenvalue weighted by Gasteiger charge is 2.35. The zero-order valence-corrected chi connectivity index (χ0v) is 18.2. The van der Waals surface area contributed by atoms with E-state index in [0.717, 1.165) is 45.7 Å². The smallest absolute Gasteiger partial charge is 0.331 e. The van der Waals surface area contributed by atoms with Crippen LogP contribution in [-0.4, -0.2) is 47.4 Å². The molecule has 1 aromatic heterocycles. The molecule has 0 unspecified atom stereocenters. The van der Waals surface area contributed by atoms with Crippen molar-refractivity contribution in [1.29, 1.82) is 0 Å². The third-order valence-corrected chi connectivity index (χ3v) is 5.80. The molecule has 0 aliphatic carbocycles. The lowest BCUT2D eigenvalue weighted by Crippen LogP contribution is -2.54. The average molecular weight is 431 g/mol. The molecule has 0 bridgehead atoms. The Morgan fingerprint density at radius 1 is 0.969 bits per heavy atom. The van der Waals surface area contributed by atoms with Crippen LogP contribution < -0.4 is 10.2 Å². The van der Waals surface area contributed by atoms with Crippen LogP contribution >= 0.6 is 0 Å². The normalized spacial score (nSPS) is 15.5. The van der Waals surface area contributed by atoms with Gasteiger partial charge in [-0.3, -0.25) is 19.8 Å². The standard InChI is InChI=1S/C25H26N4O3/c1-3-28(4-2)19-11-9-17(10-12-19)15-21-23(30)27-25(32)29(24(21)31)14-13-18-16-26-22-8-6-5-7-20(18)22/h5-12,15-16,26H,3-4,13-14H2,1-2H3,(H,27,30,32)/b21-15+. The van der Waals surface area contributed by atoms with E-state index in [1.165, 1.54) is 6.08 Å². The van der Waals surface area contributed by atoms with Crippen LogP contribution in [0.1, 0.15) is 25.0 Å². The molecular formula is C25H26N4O3. The zero-order valence-electron chi connectivity index (χ0n) is 18.2. The van der Waals surface area contributed by atoms with Crippen LogP contribution in [0.4, 0.5) is 10.5 Å². The minimum atomic E-state index is -0.686. The molecule has 4 rings (SSSR count). The Labute approximate surface area is 186 Å². The quantitative estimate of drug-likeness (QED) is 0.442. The number of aromatic amines is 1. The van der Waals surface area contributed by atoms with Crippen molar-refractivity contribution in [1.82, 2.24) is 15.2 Å². The molecule has 7 heteroatoms. The second-order valence-corrected chi connectivity index (χ2v) is 7.65. The van der Waals surface area contributed by atoms with E-state index in [1.807, 2.05) is 54.7 Å². The highest BCUT2D eigenvalue weighted by molar-refractivity contribution is 6.31. The minimum absolute atomic E-state index is 0.0425. The Hall–Kier alpha value is -3.87. The zero-order chi connectivity index (χ0) is 22.7. The molecule has 2 N–H and O–H groups in total. The van der Waals surface area contributed by atoms with E-state index in [-0.39, 0.29) is 12.1 Å². The summed E-state index contributed by atoms with van der Waals surface area (Å²) in [6, 6.07) is 14.8. The number of imide groups is 2. The molecule has 0 spiro atoms. The van der Waals surface area contributed by atoms with Crippen molar-refractivity contribution in [2.24, 2.45) is 0 Å². The third kappa shape index (κ3) is 4.14. The van der Waals surface area contributed by atoms with Gasteiger partial charge in [-0.25, -0.2) is 4.79 Å². The number of carbonyl (C=O) groups excluding carboxylic acids is 3. The Bertz CT molecular complexity index is 1190. The van der Waals surface area contributed by atoms with Crippen molar-refractivity contribution in [2.75, 3.05) is 24.5 Å². The monoisotopic (exact) mass is 430 g/mol. The summed E-state index contributed by atoms with van der Waals surface area (Å²) in [5.41, 5.74) is 3.77. The first-order valence-corrected chi connectivity index (χ1v) is 10.8. The average Bonchev–Trinajstić information content (AvgIpc) is 3.21. The second kappa shape index (κ2) is 9.09. The number of urea groups is 1. The van der Waals surface area contributed by atoms with Crippen molar-refractivity contribution < 1.29 is 14.4 Å². The fourth-order valence-electron chi connectivity index (χ4n) is 4.00. The fourth-order valence-corrected chi connectivity index (χ4v) is 4.00. The molecule has 1 fully saturated rings. The van der Waals surface area contributed by atoms with Crippen LogP contribution in [0.15, 0.2) is 60.3 Å². The highest BCUT2D eigenvalue weighted by atomic mass is 16.2. The molecule has 2 heterocycles. The number of barbiturate groups is 1. The number of amides is 4. The Morgan fingerprint density at radius 3 is 2.41 bits per heavy atom. The summed E-state index contributed by atoms with van der Waals surface area (Å²) in [5.74, 6) is -1.25. The summed E-state index contributed by atoms with van der Waals surface area (Å²) in [7, 11) is 0. The number of rotatable bonds is 7. The maximum atomic E-state index is 13.0. The Morgan fingerprint density at radius 2 is 1.69 bits per heavy atom. The predicted molar refractivity (Wildman–Crippen MR) is 125 cm³/mol. The molecule has 32 heavy (non-hydrogen) atoms. The number of H-pyrrole nitrogens is 1. The first-order chi connectivity index (χ1) is 15.5. The number of aromatic nitrogens is 1.